The number of methoxy groups -OCH3 is 1. The second kappa shape index (κ2) is 9.48. The summed E-state index contributed by atoms with van der Waals surface area (Å²) in [5, 5.41) is 0.428. The zero-order chi connectivity index (χ0) is 19.1. The first-order chi connectivity index (χ1) is 12.5. The number of rotatable bonds is 5. The van der Waals surface area contributed by atoms with Gasteiger partial charge in [-0.15, -0.1) is 0 Å². The molecule has 0 aliphatic carbocycles. The summed E-state index contributed by atoms with van der Waals surface area (Å²) in [6.45, 7) is 6.35. The smallest absolute Gasteiger partial charge is 0.246 e. The van der Waals surface area contributed by atoms with Crippen molar-refractivity contribution in [1.82, 2.24) is 9.80 Å². The lowest BCUT2D eigenvalue weighted by Crippen LogP contribution is -2.35. The van der Waals surface area contributed by atoms with Crippen molar-refractivity contribution < 1.29 is 19.1 Å². The molecule has 0 unspecified atom stereocenters. The summed E-state index contributed by atoms with van der Waals surface area (Å²) in [6, 6.07) is 3.52. The Hall–Kier alpha value is -2.21. The van der Waals surface area contributed by atoms with E-state index in [9.17, 15) is 9.59 Å². The van der Waals surface area contributed by atoms with Crippen LogP contribution < -0.4 is 9.47 Å². The van der Waals surface area contributed by atoms with Gasteiger partial charge in [0.25, 0.3) is 0 Å². The van der Waals surface area contributed by atoms with Crippen LogP contribution in [0.1, 0.15) is 25.8 Å². The Morgan fingerprint density at radius 1 is 1.19 bits per heavy atom. The number of nitrogens with zero attached hydrogens (tertiary/aromatic N) is 2. The molecule has 0 N–H and O–H groups in total. The molecule has 2 amide bonds. The highest BCUT2D eigenvalue weighted by atomic mass is 35.5. The SMILES string of the molecule is CCOc1cc(/C=C/C(=O)N2CCCN(C(C)=O)CC2)cc(Cl)c1OC. The number of ether oxygens (including phenoxy) is 2. The molecule has 1 heterocycles. The van der Waals surface area contributed by atoms with Gasteiger partial charge in [-0.05, 0) is 37.1 Å². The molecule has 1 fully saturated rings. The predicted molar refractivity (Wildman–Crippen MR) is 102 cm³/mol. The van der Waals surface area contributed by atoms with Crippen molar-refractivity contribution in [2.75, 3.05) is 39.9 Å². The minimum absolute atomic E-state index is 0.0474. The van der Waals surface area contributed by atoms with E-state index >= 15 is 0 Å². The molecule has 7 heteroatoms. The molecule has 6 nitrogen and oxygen atoms in total. The minimum Gasteiger partial charge on any atom is -0.491 e. The van der Waals surface area contributed by atoms with E-state index < -0.39 is 0 Å². The number of halogens is 1. The van der Waals surface area contributed by atoms with E-state index in [1.165, 1.54) is 13.2 Å². The Bertz CT molecular complexity index is 690. The van der Waals surface area contributed by atoms with Crippen LogP contribution in [0.15, 0.2) is 18.2 Å². The Labute approximate surface area is 159 Å². The number of carbonyl (C=O) groups excluding carboxylic acids is 2. The summed E-state index contributed by atoms with van der Waals surface area (Å²) in [7, 11) is 1.53. The van der Waals surface area contributed by atoms with Crippen LogP contribution in [-0.4, -0.2) is 61.5 Å². The number of amides is 2. The number of benzene rings is 1. The largest absolute Gasteiger partial charge is 0.491 e. The van der Waals surface area contributed by atoms with E-state index in [1.807, 2.05) is 6.92 Å². The first-order valence-corrected chi connectivity index (χ1v) is 9.06. The Balaban J connectivity index is 2.09. The van der Waals surface area contributed by atoms with Crippen LogP contribution >= 0.6 is 11.6 Å². The Morgan fingerprint density at radius 2 is 1.88 bits per heavy atom. The highest BCUT2D eigenvalue weighted by Gasteiger charge is 2.19. The van der Waals surface area contributed by atoms with Crippen LogP contribution in [-0.2, 0) is 9.59 Å². The maximum Gasteiger partial charge on any atom is 0.246 e. The van der Waals surface area contributed by atoms with Crippen molar-refractivity contribution in [3.63, 3.8) is 0 Å². The lowest BCUT2D eigenvalue weighted by molar-refractivity contribution is -0.130. The van der Waals surface area contributed by atoms with Gasteiger partial charge in [0.05, 0.1) is 18.7 Å². The molecular formula is C19H25ClN2O4. The molecule has 1 aromatic rings. The van der Waals surface area contributed by atoms with Crippen molar-refractivity contribution in [3.05, 3.63) is 28.8 Å². The van der Waals surface area contributed by atoms with Crippen molar-refractivity contribution in [1.29, 1.82) is 0 Å². The molecule has 0 bridgehead atoms. The summed E-state index contributed by atoms with van der Waals surface area (Å²) >= 11 is 6.23. The quantitative estimate of drug-likeness (QED) is 0.737. The fourth-order valence-corrected chi connectivity index (χ4v) is 3.17. The van der Waals surface area contributed by atoms with Crippen LogP contribution in [0.5, 0.6) is 11.5 Å². The fourth-order valence-electron chi connectivity index (χ4n) is 2.87. The zero-order valence-corrected chi connectivity index (χ0v) is 16.2. The number of hydrogen-bond acceptors (Lipinski definition) is 4. The third-order valence-electron chi connectivity index (χ3n) is 4.21. The number of hydrogen-bond donors (Lipinski definition) is 0. The van der Waals surface area contributed by atoms with Crippen molar-refractivity contribution >= 4 is 29.5 Å². The third kappa shape index (κ3) is 5.14. The standard InChI is InChI=1S/C19H25ClN2O4/c1-4-26-17-13-15(12-16(20)19(17)25-3)6-7-18(24)22-9-5-8-21(10-11-22)14(2)23/h6-7,12-13H,4-5,8-11H2,1-3H3/b7-6+. The van der Waals surface area contributed by atoms with Gasteiger partial charge >= 0.3 is 0 Å². The average Bonchev–Trinajstić information content (AvgIpc) is 2.86. The first kappa shape index (κ1) is 20.1. The Morgan fingerprint density at radius 3 is 2.54 bits per heavy atom. The maximum atomic E-state index is 12.5. The van der Waals surface area contributed by atoms with Gasteiger partial charge in [0, 0.05) is 39.2 Å². The van der Waals surface area contributed by atoms with E-state index in [1.54, 1.807) is 34.9 Å². The maximum absolute atomic E-state index is 12.5. The van der Waals surface area contributed by atoms with Gasteiger partial charge in [0.1, 0.15) is 0 Å². The van der Waals surface area contributed by atoms with Crippen LogP contribution in [0.4, 0.5) is 0 Å². The van der Waals surface area contributed by atoms with Gasteiger partial charge < -0.3 is 19.3 Å². The summed E-state index contributed by atoms with van der Waals surface area (Å²) in [5.74, 6) is 0.988. The molecule has 142 valence electrons. The van der Waals surface area contributed by atoms with Gasteiger partial charge in [-0.1, -0.05) is 11.6 Å². The van der Waals surface area contributed by atoms with Crippen LogP contribution in [0.3, 0.4) is 0 Å². The first-order valence-electron chi connectivity index (χ1n) is 8.69. The zero-order valence-electron chi connectivity index (χ0n) is 15.5. The van der Waals surface area contributed by atoms with Crippen molar-refractivity contribution in [2.45, 2.75) is 20.3 Å². The van der Waals surface area contributed by atoms with Crippen LogP contribution in [0.25, 0.3) is 6.08 Å². The molecule has 0 saturated carbocycles. The van der Waals surface area contributed by atoms with Crippen molar-refractivity contribution in [2.24, 2.45) is 0 Å². The summed E-state index contributed by atoms with van der Waals surface area (Å²) in [4.78, 5) is 27.5. The molecular weight excluding hydrogens is 356 g/mol. The molecule has 1 saturated heterocycles. The van der Waals surface area contributed by atoms with Crippen LogP contribution in [0, 0.1) is 0 Å². The van der Waals surface area contributed by atoms with E-state index in [2.05, 4.69) is 0 Å². The molecule has 1 aromatic carbocycles. The average molecular weight is 381 g/mol. The monoisotopic (exact) mass is 380 g/mol. The lowest BCUT2D eigenvalue weighted by Gasteiger charge is -2.20. The van der Waals surface area contributed by atoms with E-state index in [0.29, 0.717) is 49.3 Å². The highest BCUT2D eigenvalue weighted by Crippen LogP contribution is 2.36. The van der Waals surface area contributed by atoms with E-state index in [4.69, 9.17) is 21.1 Å². The third-order valence-corrected chi connectivity index (χ3v) is 4.49. The molecule has 1 aliphatic rings. The molecule has 0 aromatic heterocycles. The van der Waals surface area contributed by atoms with Crippen LogP contribution in [0.2, 0.25) is 5.02 Å². The van der Waals surface area contributed by atoms with E-state index in [0.717, 1.165) is 12.0 Å². The molecule has 2 rings (SSSR count). The normalized spacial score (nSPS) is 15.1. The fraction of sp³-hybridized carbons (Fsp3) is 0.474. The van der Waals surface area contributed by atoms with Gasteiger partial charge in [0.15, 0.2) is 11.5 Å². The molecule has 0 spiro atoms. The molecule has 26 heavy (non-hydrogen) atoms. The van der Waals surface area contributed by atoms with Gasteiger partial charge in [-0.25, -0.2) is 0 Å². The summed E-state index contributed by atoms with van der Waals surface area (Å²) in [5.41, 5.74) is 0.757. The minimum atomic E-state index is -0.0831. The predicted octanol–water partition coefficient (Wildman–Crippen LogP) is 2.84. The van der Waals surface area contributed by atoms with Gasteiger partial charge in [-0.2, -0.15) is 0 Å². The number of carbonyl (C=O) groups is 2. The van der Waals surface area contributed by atoms with Gasteiger partial charge in [-0.3, -0.25) is 9.59 Å². The van der Waals surface area contributed by atoms with Crippen molar-refractivity contribution in [3.8, 4) is 11.5 Å². The lowest BCUT2D eigenvalue weighted by atomic mass is 10.1. The van der Waals surface area contributed by atoms with Gasteiger partial charge in [0.2, 0.25) is 11.8 Å². The summed E-state index contributed by atoms with van der Waals surface area (Å²) in [6.07, 6.45) is 4.02. The second-order valence-electron chi connectivity index (χ2n) is 5.99. The van der Waals surface area contributed by atoms with E-state index in [-0.39, 0.29) is 11.8 Å². The summed E-state index contributed by atoms with van der Waals surface area (Å²) < 4.78 is 10.8. The topological polar surface area (TPSA) is 59.1 Å². The molecule has 1 aliphatic heterocycles. The second-order valence-corrected chi connectivity index (χ2v) is 6.39. The highest BCUT2D eigenvalue weighted by molar-refractivity contribution is 6.32. The molecule has 0 atom stereocenters. The molecule has 0 radical (unpaired) electrons. The Kier molecular flexibility index (Phi) is 7.33.